The number of nitrogens with zero attached hydrogens (tertiary/aromatic N) is 2. The van der Waals surface area contributed by atoms with Crippen molar-refractivity contribution in [3.63, 3.8) is 0 Å². The molecule has 24 heavy (non-hydrogen) atoms. The van der Waals surface area contributed by atoms with Crippen LogP contribution in [0.2, 0.25) is 0 Å². The predicted molar refractivity (Wildman–Crippen MR) is 92.6 cm³/mol. The van der Waals surface area contributed by atoms with Crippen LogP contribution >= 0.6 is 0 Å². The van der Waals surface area contributed by atoms with Crippen LogP contribution < -0.4 is 9.47 Å². The molecule has 6 nitrogen and oxygen atoms in total. The lowest BCUT2D eigenvalue weighted by atomic mass is 10.1. The Morgan fingerprint density at radius 1 is 1.21 bits per heavy atom. The lowest BCUT2D eigenvalue weighted by Crippen LogP contribution is -2.48. The van der Waals surface area contributed by atoms with Gasteiger partial charge in [0.15, 0.2) is 6.61 Å². The van der Waals surface area contributed by atoms with E-state index in [1.54, 1.807) is 13.2 Å². The zero-order chi connectivity index (χ0) is 17.4. The van der Waals surface area contributed by atoms with Crippen molar-refractivity contribution in [3.05, 3.63) is 24.3 Å². The second kappa shape index (κ2) is 9.49. The Kier molecular flexibility index (Phi) is 7.34. The Bertz CT molecular complexity index is 515. The van der Waals surface area contributed by atoms with Crippen LogP contribution in [0.25, 0.3) is 0 Å². The van der Waals surface area contributed by atoms with Crippen molar-refractivity contribution in [3.8, 4) is 11.5 Å². The first kappa shape index (κ1) is 18.5. The van der Waals surface area contributed by atoms with Gasteiger partial charge in [0, 0.05) is 38.4 Å². The number of hydrogen-bond donors (Lipinski definition) is 0. The van der Waals surface area contributed by atoms with E-state index in [9.17, 15) is 4.79 Å². The van der Waals surface area contributed by atoms with E-state index in [4.69, 9.17) is 14.2 Å². The molecule has 0 saturated carbocycles. The molecule has 134 valence electrons. The zero-order valence-corrected chi connectivity index (χ0v) is 14.9. The fourth-order valence-electron chi connectivity index (χ4n) is 2.73. The number of ether oxygens (including phenoxy) is 3. The summed E-state index contributed by atoms with van der Waals surface area (Å²) in [6.07, 6.45) is 1.77. The third kappa shape index (κ3) is 5.69. The van der Waals surface area contributed by atoms with E-state index < -0.39 is 0 Å². The van der Waals surface area contributed by atoms with Gasteiger partial charge in [0.2, 0.25) is 0 Å². The summed E-state index contributed by atoms with van der Waals surface area (Å²) in [5.41, 5.74) is 0. The molecule has 1 aliphatic rings. The topological polar surface area (TPSA) is 51.2 Å². The van der Waals surface area contributed by atoms with Gasteiger partial charge in [-0.3, -0.25) is 4.79 Å². The van der Waals surface area contributed by atoms with E-state index in [0.717, 1.165) is 19.4 Å². The molecule has 6 heteroatoms. The van der Waals surface area contributed by atoms with E-state index in [2.05, 4.69) is 4.90 Å². The van der Waals surface area contributed by atoms with Gasteiger partial charge in [-0.2, -0.15) is 0 Å². The van der Waals surface area contributed by atoms with Gasteiger partial charge < -0.3 is 24.0 Å². The molecule has 0 atom stereocenters. The van der Waals surface area contributed by atoms with Crippen molar-refractivity contribution in [2.75, 3.05) is 54.1 Å². The van der Waals surface area contributed by atoms with Crippen molar-refractivity contribution in [1.82, 2.24) is 9.80 Å². The van der Waals surface area contributed by atoms with Crippen molar-refractivity contribution in [2.45, 2.75) is 18.9 Å². The summed E-state index contributed by atoms with van der Waals surface area (Å²) in [6, 6.07) is 7.54. The van der Waals surface area contributed by atoms with Crippen LogP contribution in [-0.4, -0.2) is 75.9 Å². The Balaban J connectivity index is 1.95. The Hall–Kier alpha value is -1.79. The van der Waals surface area contributed by atoms with Crippen LogP contribution in [0.1, 0.15) is 12.8 Å². The molecule has 0 aromatic heterocycles. The van der Waals surface area contributed by atoms with E-state index >= 15 is 0 Å². The third-order valence-corrected chi connectivity index (χ3v) is 4.14. The van der Waals surface area contributed by atoms with Crippen LogP contribution in [0, 0.1) is 0 Å². The highest BCUT2D eigenvalue weighted by Crippen LogP contribution is 2.19. The van der Waals surface area contributed by atoms with Crippen molar-refractivity contribution in [2.24, 2.45) is 0 Å². The zero-order valence-electron chi connectivity index (χ0n) is 14.9. The minimum absolute atomic E-state index is 0.0200. The number of carbonyl (C=O) groups is 1. The highest BCUT2D eigenvalue weighted by molar-refractivity contribution is 5.78. The molecule has 1 aromatic rings. The second-order valence-corrected chi connectivity index (χ2v) is 6.20. The van der Waals surface area contributed by atoms with Gasteiger partial charge in [-0.25, -0.2) is 0 Å². The summed E-state index contributed by atoms with van der Waals surface area (Å²) in [5, 5.41) is 0. The van der Waals surface area contributed by atoms with E-state index in [0.29, 0.717) is 31.3 Å². The molecule has 0 unspecified atom stereocenters. The summed E-state index contributed by atoms with van der Waals surface area (Å²) in [6.45, 7) is 3.01. The standard InChI is InChI=1S/C18H28N2O4/c1-19(2)9-10-20(15-7-11-23-12-8-15)18(21)14-24-17-6-4-5-16(13-17)22-3/h4-6,13,15H,7-12,14H2,1-3H3. The highest BCUT2D eigenvalue weighted by Gasteiger charge is 2.26. The first-order chi connectivity index (χ1) is 11.6. The number of hydrogen-bond acceptors (Lipinski definition) is 5. The summed E-state index contributed by atoms with van der Waals surface area (Å²) >= 11 is 0. The molecule has 0 spiro atoms. The van der Waals surface area contributed by atoms with Gasteiger partial charge in [0.05, 0.1) is 7.11 Å². The van der Waals surface area contributed by atoms with Crippen LogP contribution in [-0.2, 0) is 9.53 Å². The summed E-state index contributed by atoms with van der Waals surface area (Å²) in [5.74, 6) is 1.38. The molecular weight excluding hydrogens is 308 g/mol. The molecule has 0 bridgehead atoms. The molecule has 0 aliphatic carbocycles. The first-order valence-electron chi connectivity index (χ1n) is 8.39. The second-order valence-electron chi connectivity index (χ2n) is 6.20. The summed E-state index contributed by atoms with van der Waals surface area (Å²) in [4.78, 5) is 16.7. The fraction of sp³-hybridized carbons (Fsp3) is 0.611. The lowest BCUT2D eigenvalue weighted by molar-refractivity contribution is -0.137. The van der Waals surface area contributed by atoms with E-state index in [1.807, 2.05) is 37.2 Å². The van der Waals surface area contributed by atoms with Crippen LogP contribution in [0.15, 0.2) is 24.3 Å². The van der Waals surface area contributed by atoms with Gasteiger partial charge in [-0.05, 0) is 39.1 Å². The molecule has 0 N–H and O–H groups in total. The average molecular weight is 336 g/mol. The largest absolute Gasteiger partial charge is 0.497 e. The maximum Gasteiger partial charge on any atom is 0.260 e. The highest BCUT2D eigenvalue weighted by atomic mass is 16.5. The van der Waals surface area contributed by atoms with Crippen molar-refractivity contribution in [1.29, 1.82) is 0 Å². The van der Waals surface area contributed by atoms with Gasteiger partial charge in [0.1, 0.15) is 11.5 Å². The molecule has 2 rings (SSSR count). The monoisotopic (exact) mass is 336 g/mol. The number of carbonyl (C=O) groups excluding carboxylic acids is 1. The fourth-order valence-corrected chi connectivity index (χ4v) is 2.73. The summed E-state index contributed by atoms with van der Waals surface area (Å²) in [7, 11) is 5.64. The molecule has 1 amide bonds. The number of rotatable bonds is 8. The van der Waals surface area contributed by atoms with Gasteiger partial charge in [0.25, 0.3) is 5.91 Å². The van der Waals surface area contributed by atoms with Crippen molar-refractivity contribution >= 4 is 5.91 Å². The Morgan fingerprint density at radius 3 is 2.58 bits per heavy atom. The number of benzene rings is 1. The molecular formula is C18H28N2O4. The normalized spacial score (nSPS) is 15.3. The average Bonchev–Trinajstić information content (AvgIpc) is 2.61. The smallest absolute Gasteiger partial charge is 0.260 e. The van der Waals surface area contributed by atoms with Gasteiger partial charge >= 0.3 is 0 Å². The maximum absolute atomic E-state index is 12.7. The molecule has 1 heterocycles. The number of likely N-dealkylation sites (N-methyl/N-ethyl adjacent to an activating group) is 1. The molecule has 1 aliphatic heterocycles. The number of methoxy groups -OCH3 is 1. The summed E-state index contributed by atoms with van der Waals surface area (Å²) < 4.78 is 16.3. The third-order valence-electron chi connectivity index (χ3n) is 4.14. The Morgan fingerprint density at radius 2 is 1.92 bits per heavy atom. The minimum atomic E-state index is 0.0200. The molecule has 1 saturated heterocycles. The Labute approximate surface area is 144 Å². The lowest BCUT2D eigenvalue weighted by Gasteiger charge is -2.35. The van der Waals surface area contributed by atoms with Gasteiger partial charge in [-0.15, -0.1) is 0 Å². The van der Waals surface area contributed by atoms with Gasteiger partial charge in [-0.1, -0.05) is 6.07 Å². The van der Waals surface area contributed by atoms with Crippen LogP contribution in [0.3, 0.4) is 0 Å². The van der Waals surface area contributed by atoms with Crippen molar-refractivity contribution < 1.29 is 19.0 Å². The number of amides is 1. The van der Waals surface area contributed by atoms with E-state index in [-0.39, 0.29) is 18.6 Å². The first-order valence-corrected chi connectivity index (χ1v) is 8.39. The SMILES string of the molecule is COc1cccc(OCC(=O)N(CCN(C)C)C2CCOCC2)c1. The van der Waals surface area contributed by atoms with Crippen LogP contribution in [0.4, 0.5) is 0 Å². The molecule has 1 aromatic carbocycles. The quantitative estimate of drug-likeness (QED) is 0.722. The minimum Gasteiger partial charge on any atom is -0.497 e. The molecule has 1 fully saturated rings. The molecule has 0 radical (unpaired) electrons. The predicted octanol–water partition coefficient (Wildman–Crippen LogP) is 1.64. The van der Waals surface area contributed by atoms with E-state index in [1.165, 1.54) is 0 Å². The maximum atomic E-state index is 12.7. The van der Waals surface area contributed by atoms with Crippen LogP contribution in [0.5, 0.6) is 11.5 Å².